The summed E-state index contributed by atoms with van der Waals surface area (Å²) in [6, 6.07) is 15.5. The molecule has 1 amide bonds. The van der Waals surface area contributed by atoms with E-state index in [4.69, 9.17) is 5.73 Å². The number of nitrogens with two attached hydrogens (primary N) is 1. The average Bonchev–Trinajstić information content (AvgIpc) is 2.56. The van der Waals surface area contributed by atoms with Crippen molar-refractivity contribution in [2.24, 2.45) is 5.73 Å². The molecule has 0 radical (unpaired) electrons. The third-order valence-corrected chi connectivity index (χ3v) is 3.21. The summed E-state index contributed by atoms with van der Waals surface area (Å²) in [6.45, 7) is 0. The first-order chi connectivity index (χ1) is 10.6. The first-order valence-electron chi connectivity index (χ1n) is 6.89. The lowest BCUT2D eigenvalue weighted by atomic mass is 10.1. The second-order valence-corrected chi connectivity index (χ2v) is 4.85. The third kappa shape index (κ3) is 5.39. The Morgan fingerprint density at radius 3 is 2.26 bits per heavy atom. The molecule has 1 atom stereocenters. The van der Waals surface area contributed by atoms with Crippen molar-refractivity contribution in [2.45, 2.75) is 12.5 Å². The number of ether oxygens (including phenoxy) is 1. The van der Waals surface area contributed by atoms with Gasteiger partial charge in [-0.15, -0.1) is 12.4 Å². The van der Waals surface area contributed by atoms with Crippen LogP contribution in [-0.2, 0) is 16.0 Å². The van der Waals surface area contributed by atoms with E-state index in [0.717, 1.165) is 5.56 Å². The molecule has 2 aromatic rings. The van der Waals surface area contributed by atoms with Crippen LogP contribution in [0.1, 0.15) is 15.9 Å². The van der Waals surface area contributed by atoms with Gasteiger partial charge in [-0.1, -0.05) is 30.3 Å². The fourth-order valence-electron chi connectivity index (χ4n) is 2.01. The minimum atomic E-state index is -0.685. The summed E-state index contributed by atoms with van der Waals surface area (Å²) < 4.78 is 4.59. The van der Waals surface area contributed by atoms with Gasteiger partial charge < -0.3 is 15.8 Å². The summed E-state index contributed by atoms with van der Waals surface area (Å²) in [4.78, 5) is 23.3. The molecule has 3 N–H and O–H groups in total. The van der Waals surface area contributed by atoms with Crippen molar-refractivity contribution in [1.29, 1.82) is 0 Å². The van der Waals surface area contributed by atoms with Crippen molar-refractivity contribution in [2.75, 3.05) is 12.4 Å². The number of nitrogens with one attached hydrogen (secondary N) is 1. The number of rotatable bonds is 5. The molecule has 0 saturated carbocycles. The van der Waals surface area contributed by atoms with E-state index in [0.29, 0.717) is 17.7 Å². The molecule has 122 valence electrons. The lowest BCUT2D eigenvalue weighted by molar-refractivity contribution is -0.142. The molecule has 6 heteroatoms. The Hall–Kier alpha value is -2.37. The number of hydrogen-bond donors (Lipinski definition) is 2. The molecule has 2 rings (SSSR count). The van der Waals surface area contributed by atoms with Crippen molar-refractivity contribution in [3.63, 3.8) is 0 Å². The third-order valence-electron chi connectivity index (χ3n) is 3.21. The highest BCUT2D eigenvalue weighted by molar-refractivity contribution is 6.04. The van der Waals surface area contributed by atoms with Gasteiger partial charge in [-0.05, 0) is 36.2 Å². The number of benzene rings is 2. The number of carbonyl (C=O) groups excluding carboxylic acids is 2. The van der Waals surface area contributed by atoms with Gasteiger partial charge >= 0.3 is 5.97 Å². The summed E-state index contributed by atoms with van der Waals surface area (Å²) in [5, 5.41) is 2.81. The monoisotopic (exact) mass is 334 g/mol. The highest BCUT2D eigenvalue weighted by Crippen LogP contribution is 2.12. The Morgan fingerprint density at radius 1 is 1.09 bits per heavy atom. The minimum absolute atomic E-state index is 0. The van der Waals surface area contributed by atoms with Crippen LogP contribution in [0.25, 0.3) is 0 Å². The Morgan fingerprint density at radius 2 is 1.70 bits per heavy atom. The highest BCUT2D eigenvalue weighted by Gasteiger charge is 2.14. The van der Waals surface area contributed by atoms with Crippen LogP contribution < -0.4 is 11.1 Å². The molecule has 0 fully saturated rings. The Bertz CT molecular complexity index is 645. The van der Waals surface area contributed by atoms with Crippen LogP contribution in [0.3, 0.4) is 0 Å². The molecule has 0 bridgehead atoms. The fraction of sp³-hybridized carbons (Fsp3) is 0.176. The summed E-state index contributed by atoms with van der Waals surface area (Å²) >= 11 is 0. The van der Waals surface area contributed by atoms with Crippen LogP contribution >= 0.6 is 12.4 Å². The molecule has 0 aliphatic rings. The Kier molecular flexibility index (Phi) is 7.25. The van der Waals surface area contributed by atoms with Gasteiger partial charge in [0.05, 0.1) is 7.11 Å². The first kappa shape index (κ1) is 18.7. The van der Waals surface area contributed by atoms with Crippen molar-refractivity contribution in [3.05, 3.63) is 65.7 Å². The molecule has 0 aliphatic heterocycles. The molecule has 0 unspecified atom stereocenters. The van der Waals surface area contributed by atoms with Gasteiger partial charge in [-0.25, -0.2) is 0 Å². The average molecular weight is 335 g/mol. The SMILES string of the molecule is COC(=O)[C@@H](N)Cc1ccc(NC(=O)c2ccccc2)cc1.Cl. The topological polar surface area (TPSA) is 81.4 Å². The van der Waals surface area contributed by atoms with Crippen molar-refractivity contribution < 1.29 is 14.3 Å². The Balaban J connectivity index is 0.00000264. The molecule has 0 aliphatic carbocycles. The summed E-state index contributed by atoms with van der Waals surface area (Å²) in [7, 11) is 1.31. The number of hydrogen-bond acceptors (Lipinski definition) is 4. The summed E-state index contributed by atoms with van der Waals surface area (Å²) in [6.07, 6.45) is 0.388. The second kappa shape index (κ2) is 8.92. The van der Waals surface area contributed by atoms with Crippen LogP contribution in [0.5, 0.6) is 0 Å². The number of anilines is 1. The van der Waals surface area contributed by atoms with E-state index in [-0.39, 0.29) is 18.3 Å². The lowest BCUT2D eigenvalue weighted by Gasteiger charge is -2.10. The molecule has 0 spiro atoms. The zero-order chi connectivity index (χ0) is 15.9. The van der Waals surface area contributed by atoms with E-state index in [9.17, 15) is 9.59 Å². The van der Waals surface area contributed by atoms with Gasteiger partial charge in [0.25, 0.3) is 5.91 Å². The molecule has 2 aromatic carbocycles. The molecule has 23 heavy (non-hydrogen) atoms. The molecular formula is C17H19ClN2O3. The number of amides is 1. The number of esters is 1. The smallest absolute Gasteiger partial charge is 0.322 e. The van der Waals surface area contributed by atoms with E-state index in [1.807, 2.05) is 30.3 Å². The van der Waals surface area contributed by atoms with E-state index >= 15 is 0 Å². The number of methoxy groups -OCH3 is 1. The van der Waals surface area contributed by atoms with Crippen molar-refractivity contribution >= 4 is 30.0 Å². The molecule has 0 aromatic heterocycles. The van der Waals surface area contributed by atoms with E-state index in [1.54, 1.807) is 24.3 Å². The maximum absolute atomic E-state index is 12.0. The predicted molar refractivity (Wildman–Crippen MR) is 91.8 cm³/mol. The fourth-order valence-corrected chi connectivity index (χ4v) is 2.01. The van der Waals surface area contributed by atoms with Crippen LogP contribution in [0.4, 0.5) is 5.69 Å². The van der Waals surface area contributed by atoms with Crippen LogP contribution in [0, 0.1) is 0 Å². The minimum Gasteiger partial charge on any atom is -0.468 e. The van der Waals surface area contributed by atoms with Crippen LogP contribution in [0.2, 0.25) is 0 Å². The van der Waals surface area contributed by atoms with Gasteiger partial charge in [-0.2, -0.15) is 0 Å². The van der Waals surface area contributed by atoms with Crippen molar-refractivity contribution in [3.8, 4) is 0 Å². The van der Waals surface area contributed by atoms with Gasteiger partial charge in [-0.3, -0.25) is 9.59 Å². The van der Waals surface area contributed by atoms with Gasteiger partial charge in [0.1, 0.15) is 6.04 Å². The molecule has 5 nitrogen and oxygen atoms in total. The van der Waals surface area contributed by atoms with Gasteiger partial charge in [0.15, 0.2) is 0 Å². The maximum atomic E-state index is 12.0. The first-order valence-corrected chi connectivity index (χ1v) is 6.89. The molecule has 0 heterocycles. The zero-order valence-corrected chi connectivity index (χ0v) is 13.5. The lowest BCUT2D eigenvalue weighted by Crippen LogP contribution is -2.33. The normalized spacial score (nSPS) is 11.0. The predicted octanol–water partition coefficient (Wildman–Crippen LogP) is 2.40. The van der Waals surface area contributed by atoms with E-state index in [1.165, 1.54) is 7.11 Å². The van der Waals surface area contributed by atoms with Crippen LogP contribution in [0.15, 0.2) is 54.6 Å². The summed E-state index contributed by atoms with van der Waals surface area (Å²) in [5.41, 5.74) is 7.89. The second-order valence-electron chi connectivity index (χ2n) is 4.85. The number of carbonyl (C=O) groups is 2. The summed E-state index contributed by atoms with van der Waals surface area (Å²) in [5.74, 6) is -0.610. The van der Waals surface area contributed by atoms with E-state index in [2.05, 4.69) is 10.1 Å². The van der Waals surface area contributed by atoms with E-state index < -0.39 is 12.0 Å². The maximum Gasteiger partial charge on any atom is 0.322 e. The van der Waals surface area contributed by atoms with Gasteiger partial charge in [0.2, 0.25) is 0 Å². The molecular weight excluding hydrogens is 316 g/mol. The largest absolute Gasteiger partial charge is 0.468 e. The zero-order valence-electron chi connectivity index (χ0n) is 12.7. The number of halogens is 1. The quantitative estimate of drug-likeness (QED) is 0.823. The highest BCUT2D eigenvalue weighted by atomic mass is 35.5. The van der Waals surface area contributed by atoms with Gasteiger partial charge in [0, 0.05) is 11.3 Å². The standard InChI is InChI=1S/C17H18N2O3.ClH/c1-22-17(21)15(18)11-12-7-9-14(10-8-12)19-16(20)13-5-3-2-4-6-13;/h2-10,15H,11,18H2,1H3,(H,19,20);1H/t15-;/m0./s1. The molecule has 0 saturated heterocycles. The van der Waals surface area contributed by atoms with Crippen LogP contribution in [-0.4, -0.2) is 25.0 Å². The van der Waals surface area contributed by atoms with Crippen molar-refractivity contribution in [1.82, 2.24) is 0 Å². The Labute approximate surface area is 141 Å².